The zero-order chi connectivity index (χ0) is 12.0. The molecule has 0 aromatic heterocycles. The van der Waals surface area contributed by atoms with Crippen molar-refractivity contribution < 1.29 is 9.90 Å². The molecule has 1 aliphatic heterocycles. The lowest BCUT2D eigenvalue weighted by atomic mass is 10.2. The molecule has 0 saturated carbocycles. The van der Waals surface area contributed by atoms with Gasteiger partial charge in [-0.25, -0.2) is 0 Å². The molecule has 0 radical (unpaired) electrons. The van der Waals surface area contributed by atoms with Crippen LogP contribution in [0.1, 0.15) is 0 Å². The monoisotopic (exact) mass is 230 g/mol. The predicted octanol–water partition coefficient (Wildman–Crippen LogP) is -2.33. The van der Waals surface area contributed by atoms with E-state index in [0.717, 1.165) is 26.2 Å². The second-order valence-electron chi connectivity index (χ2n) is 4.37. The van der Waals surface area contributed by atoms with Gasteiger partial charge < -0.3 is 16.2 Å². The minimum Gasteiger partial charge on any atom is -0.390 e. The standard InChI is InChI=1S/C10H22N4O2/c1-13(8-10(11)16)6-9(15)7-14-4-2-12-3-5-14/h9,12,15H,2-8H2,1H3,(H2,11,16). The van der Waals surface area contributed by atoms with E-state index < -0.39 is 6.10 Å². The first-order valence-corrected chi connectivity index (χ1v) is 5.66. The molecule has 1 amide bonds. The fourth-order valence-electron chi connectivity index (χ4n) is 1.94. The molecule has 4 N–H and O–H groups in total. The van der Waals surface area contributed by atoms with Gasteiger partial charge in [0.25, 0.3) is 0 Å². The smallest absolute Gasteiger partial charge is 0.231 e. The first-order chi connectivity index (χ1) is 7.58. The average molecular weight is 230 g/mol. The molecule has 6 heteroatoms. The Labute approximate surface area is 96.4 Å². The quantitative estimate of drug-likeness (QED) is 0.477. The summed E-state index contributed by atoms with van der Waals surface area (Å²) in [4.78, 5) is 14.6. The summed E-state index contributed by atoms with van der Waals surface area (Å²) in [5.74, 6) is -0.364. The van der Waals surface area contributed by atoms with Gasteiger partial charge in [0, 0.05) is 39.3 Å². The number of nitrogens with zero attached hydrogens (tertiary/aromatic N) is 2. The number of likely N-dealkylation sites (N-methyl/N-ethyl adjacent to an activating group) is 1. The van der Waals surface area contributed by atoms with Gasteiger partial charge >= 0.3 is 0 Å². The average Bonchev–Trinajstić information content (AvgIpc) is 2.17. The normalized spacial score (nSPS) is 19.9. The highest BCUT2D eigenvalue weighted by atomic mass is 16.3. The van der Waals surface area contributed by atoms with Crippen molar-refractivity contribution in [2.24, 2.45) is 5.73 Å². The van der Waals surface area contributed by atoms with Crippen molar-refractivity contribution >= 4 is 5.91 Å². The Morgan fingerprint density at radius 2 is 2.19 bits per heavy atom. The van der Waals surface area contributed by atoms with Crippen molar-refractivity contribution in [2.45, 2.75) is 6.10 Å². The van der Waals surface area contributed by atoms with Gasteiger partial charge in [-0.2, -0.15) is 0 Å². The lowest BCUT2D eigenvalue weighted by Crippen LogP contribution is -2.48. The van der Waals surface area contributed by atoms with E-state index in [-0.39, 0.29) is 12.5 Å². The summed E-state index contributed by atoms with van der Waals surface area (Å²) < 4.78 is 0. The zero-order valence-electron chi connectivity index (χ0n) is 9.85. The molecule has 16 heavy (non-hydrogen) atoms. The number of nitrogens with two attached hydrogens (primary N) is 1. The Morgan fingerprint density at radius 1 is 1.56 bits per heavy atom. The maximum Gasteiger partial charge on any atom is 0.231 e. The summed E-state index contributed by atoms with van der Waals surface area (Å²) in [7, 11) is 1.78. The summed E-state index contributed by atoms with van der Waals surface area (Å²) in [6, 6.07) is 0. The third-order valence-electron chi connectivity index (χ3n) is 2.63. The molecule has 0 bridgehead atoms. The van der Waals surface area contributed by atoms with Crippen LogP contribution in [-0.4, -0.2) is 79.8 Å². The lowest BCUT2D eigenvalue weighted by molar-refractivity contribution is -0.119. The van der Waals surface area contributed by atoms with Crippen LogP contribution in [0.25, 0.3) is 0 Å². The van der Waals surface area contributed by atoms with Crippen molar-refractivity contribution in [3.63, 3.8) is 0 Å². The van der Waals surface area contributed by atoms with E-state index in [4.69, 9.17) is 5.73 Å². The topological polar surface area (TPSA) is 81.8 Å². The fraction of sp³-hybridized carbons (Fsp3) is 0.900. The van der Waals surface area contributed by atoms with Gasteiger partial charge in [-0.05, 0) is 7.05 Å². The molecule has 94 valence electrons. The molecule has 1 fully saturated rings. The summed E-state index contributed by atoms with van der Waals surface area (Å²) >= 11 is 0. The largest absolute Gasteiger partial charge is 0.390 e. The Hall–Kier alpha value is -0.690. The highest BCUT2D eigenvalue weighted by Crippen LogP contribution is 1.97. The van der Waals surface area contributed by atoms with E-state index in [1.807, 2.05) is 0 Å². The van der Waals surface area contributed by atoms with Crippen molar-refractivity contribution in [2.75, 3.05) is 52.9 Å². The second-order valence-corrected chi connectivity index (χ2v) is 4.37. The molecule has 1 saturated heterocycles. The Balaban J connectivity index is 2.18. The maximum absolute atomic E-state index is 10.7. The number of hydrogen-bond acceptors (Lipinski definition) is 5. The molecule has 0 aromatic carbocycles. The highest BCUT2D eigenvalue weighted by molar-refractivity contribution is 5.75. The number of aliphatic hydroxyl groups is 1. The molecule has 0 aromatic rings. The SMILES string of the molecule is CN(CC(N)=O)CC(O)CN1CCNCC1. The summed E-state index contributed by atoms with van der Waals surface area (Å²) in [5.41, 5.74) is 5.07. The van der Waals surface area contributed by atoms with Crippen LogP contribution in [0.15, 0.2) is 0 Å². The minimum absolute atomic E-state index is 0.193. The lowest BCUT2D eigenvalue weighted by Gasteiger charge is -2.30. The molecule has 1 atom stereocenters. The van der Waals surface area contributed by atoms with Gasteiger partial charge in [0.05, 0.1) is 12.6 Å². The van der Waals surface area contributed by atoms with E-state index in [1.165, 1.54) is 0 Å². The number of piperazine rings is 1. The maximum atomic E-state index is 10.7. The zero-order valence-corrected chi connectivity index (χ0v) is 9.85. The van der Waals surface area contributed by atoms with Gasteiger partial charge in [0.1, 0.15) is 0 Å². The number of nitrogens with one attached hydrogen (secondary N) is 1. The van der Waals surface area contributed by atoms with Crippen LogP contribution in [-0.2, 0) is 4.79 Å². The van der Waals surface area contributed by atoms with E-state index in [1.54, 1.807) is 11.9 Å². The van der Waals surface area contributed by atoms with Crippen LogP contribution in [0.2, 0.25) is 0 Å². The van der Waals surface area contributed by atoms with Crippen LogP contribution >= 0.6 is 0 Å². The summed E-state index contributed by atoms with van der Waals surface area (Å²) in [6.07, 6.45) is -0.428. The number of amides is 1. The van der Waals surface area contributed by atoms with Crippen molar-refractivity contribution in [1.29, 1.82) is 0 Å². The minimum atomic E-state index is -0.428. The number of rotatable bonds is 6. The van der Waals surface area contributed by atoms with E-state index in [0.29, 0.717) is 13.1 Å². The van der Waals surface area contributed by atoms with Gasteiger partial charge in [0.15, 0.2) is 0 Å². The molecule has 0 aliphatic carbocycles. The molecule has 1 heterocycles. The molecule has 1 aliphatic rings. The molecule has 1 rings (SSSR count). The Kier molecular flexibility index (Phi) is 5.68. The molecular formula is C10H22N4O2. The van der Waals surface area contributed by atoms with Gasteiger partial charge in [-0.1, -0.05) is 0 Å². The number of carbonyl (C=O) groups is 1. The Bertz CT molecular complexity index is 219. The van der Waals surface area contributed by atoms with Crippen molar-refractivity contribution in [1.82, 2.24) is 15.1 Å². The number of primary amides is 1. The highest BCUT2D eigenvalue weighted by Gasteiger charge is 2.16. The molecule has 1 unspecified atom stereocenters. The van der Waals surface area contributed by atoms with Crippen molar-refractivity contribution in [3.8, 4) is 0 Å². The molecule has 0 spiro atoms. The first-order valence-electron chi connectivity index (χ1n) is 5.66. The molecular weight excluding hydrogens is 208 g/mol. The van der Waals surface area contributed by atoms with Gasteiger partial charge in [-0.15, -0.1) is 0 Å². The number of hydrogen-bond donors (Lipinski definition) is 3. The number of aliphatic hydroxyl groups excluding tert-OH is 1. The van der Waals surface area contributed by atoms with Gasteiger partial charge in [0.2, 0.25) is 5.91 Å². The van der Waals surface area contributed by atoms with E-state index in [9.17, 15) is 9.90 Å². The second kappa shape index (κ2) is 6.80. The van der Waals surface area contributed by atoms with Crippen molar-refractivity contribution in [3.05, 3.63) is 0 Å². The predicted molar refractivity (Wildman–Crippen MR) is 62.0 cm³/mol. The summed E-state index contributed by atoms with van der Waals surface area (Å²) in [6.45, 7) is 5.22. The molecule has 6 nitrogen and oxygen atoms in total. The third kappa shape index (κ3) is 5.41. The van der Waals surface area contributed by atoms with Crippen LogP contribution < -0.4 is 11.1 Å². The van der Waals surface area contributed by atoms with Crippen LogP contribution in [0.3, 0.4) is 0 Å². The third-order valence-corrected chi connectivity index (χ3v) is 2.63. The van der Waals surface area contributed by atoms with E-state index in [2.05, 4.69) is 10.2 Å². The summed E-state index contributed by atoms with van der Waals surface area (Å²) in [5, 5.41) is 13.1. The van der Waals surface area contributed by atoms with Crippen LogP contribution in [0.4, 0.5) is 0 Å². The Morgan fingerprint density at radius 3 is 2.75 bits per heavy atom. The van der Waals surface area contributed by atoms with E-state index >= 15 is 0 Å². The van der Waals surface area contributed by atoms with Crippen LogP contribution in [0.5, 0.6) is 0 Å². The fourth-order valence-corrected chi connectivity index (χ4v) is 1.94. The first kappa shape index (κ1) is 13.4. The number of carbonyl (C=O) groups excluding carboxylic acids is 1. The van der Waals surface area contributed by atoms with Gasteiger partial charge in [-0.3, -0.25) is 14.6 Å². The van der Waals surface area contributed by atoms with Crippen LogP contribution in [0, 0.1) is 0 Å². The number of β-amino-alcohol motifs (C(OH)–C–C–N with tert-alkyl or cyclic N) is 1.